The van der Waals surface area contributed by atoms with E-state index in [4.69, 9.17) is 32.8 Å². The predicted molar refractivity (Wildman–Crippen MR) is 203 cm³/mol. The minimum atomic E-state index is -1.85. The minimum absolute atomic E-state index is 0.0933. The molecular formula is C42H62O18. The zero-order valence-corrected chi connectivity index (χ0v) is 34.1. The van der Waals surface area contributed by atoms with E-state index in [1.807, 2.05) is 6.07 Å². The number of allylic oxidation sites excluding steroid dienone is 1. The number of hydrogen-bond acceptors (Lipinski definition) is 18. The summed E-state index contributed by atoms with van der Waals surface area (Å²) in [5.41, 5.74) is 0.452. The Morgan fingerprint density at radius 3 is 1.98 bits per heavy atom. The normalized spacial score (nSPS) is 51.9. The van der Waals surface area contributed by atoms with Crippen molar-refractivity contribution in [2.45, 2.75) is 182 Å². The summed E-state index contributed by atoms with van der Waals surface area (Å²) in [4.78, 5) is 11.7. The standard InChI is InChI=1S/C42H62O18/c1-18-35(59-39-34(52)31(49)36(26(16-44)58-39)60-38-32(50)29(47)28(46)25(15-43)57-38)30(48)33(51)37(55-18)56-21-8-11-40(2)20(14-21)5-6-24-23(40)9-12-41(3)22(10-13-42(24,41)53)19-4-7-27(45)54-17-19/h4,7,14,17-18,21-26,28-39,43-44,46-53H,5-6,8-13,15-16H2,1-3H3/t18?,21-,22+,23-,24+,25?,26?,28?,29?,30?,31?,32?,33?,34?,35?,36?,37?,38?,39?,40-,41+,42-/m0/s1. The molecule has 22 atom stereocenters. The fourth-order valence-electron chi connectivity index (χ4n) is 12.2. The number of aliphatic hydroxyl groups excluding tert-OH is 9. The molecule has 0 bridgehead atoms. The molecule has 1 aromatic rings. The highest BCUT2D eigenvalue weighted by molar-refractivity contribution is 5.31. The zero-order valence-electron chi connectivity index (χ0n) is 34.1. The second-order valence-corrected chi connectivity index (χ2v) is 18.7. The number of rotatable bonds is 9. The first-order chi connectivity index (χ1) is 28.4. The van der Waals surface area contributed by atoms with Crippen LogP contribution in [0.25, 0.3) is 0 Å². The Morgan fingerprint density at radius 1 is 0.683 bits per heavy atom. The Bertz CT molecular complexity index is 1740. The molecule has 3 aliphatic heterocycles. The first kappa shape index (κ1) is 44.6. The van der Waals surface area contributed by atoms with Crippen LogP contribution in [-0.4, -0.2) is 168 Å². The Balaban J connectivity index is 0.888. The van der Waals surface area contributed by atoms with Crippen LogP contribution in [0.5, 0.6) is 0 Å². The molecule has 338 valence electrons. The van der Waals surface area contributed by atoms with E-state index in [1.54, 1.807) is 13.2 Å². The molecule has 0 aromatic carbocycles. The van der Waals surface area contributed by atoms with E-state index in [2.05, 4.69) is 19.9 Å². The molecular weight excluding hydrogens is 792 g/mol. The second kappa shape index (κ2) is 16.9. The number of hydrogen-bond donors (Lipinski definition) is 10. The van der Waals surface area contributed by atoms with Gasteiger partial charge in [0.1, 0.15) is 67.1 Å². The highest BCUT2D eigenvalue weighted by Crippen LogP contribution is 2.70. The molecule has 0 radical (unpaired) electrons. The van der Waals surface area contributed by atoms with Crippen molar-refractivity contribution in [1.29, 1.82) is 0 Å². The lowest BCUT2D eigenvalue weighted by molar-refractivity contribution is -0.378. The summed E-state index contributed by atoms with van der Waals surface area (Å²) in [6, 6.07) is 3.29. The molecule has 7 aliphatic rings. The molecule has 6 fully saturated rings. The third-order valence-electron chi connectivity index (χ3n) is 15.7. The van der Waals surface area contributed by atoms with Gasteiger partial charge in [-0.2, -0.15) is 0 Å². The molecule has 3 saturated carbocycles. The van der Waals surface area contributed by atoms with Crippen molar-refractivity contribution in [2.75, 3.05) is 13.2 Å². The monoisotopic (exact) mass is 854 g/mol. The lowest BCUT2D eigenvalue weighted by atomic mass is 9.45. The van der Waals surface area contributed by atoms with Gasteiger partial charge in [-0.05, 0) is 93.1 Å². The topological polar surface area (TPSA) is 288 Å². The van der Waals surface area contributed by atoms with Gasteiger partial charge in [0.25, 0.3) is 0 Å². The van der Waals surface area contributed by atoms with Crippen molar-refractivity contribution in [2.24, 2.45) is 22.7 Å². The van der Waals surface area contributed by atoms with Crippen LogP contribution in [0.3, 0.4) is 0 Å². The van der Waals surface area contributed by atoms with E-state index >= 15 is 0 Å². The van der Waals surface area contributed by atoms with Gasteiger partial charge in [-0.3, -0.25) is 0 Å². The highest BCUT2D eigenvalue weighted by Gasteiger charge is 2.67. The Morgan fingerprint density at radius 2 is 1.32 bits per heavy atom. The van der Waals surface area contributed by atoms with E-state index in [0.717, 1.165) is 44.1 Å². The van der Waals surface area contributed by atoms with Gasteiger partial charge in [0.15, 0.2) is 18.9 Å². The summed E-state index contributed by atoms with van der Waals surface area (Å²) >= 11 is 0. The van der Waals surface area contributed by atoms with E-state index in [-0.39, 0.29) is 34.2 Å². The van der Waals surface area contributed by atoms with Crippen LogP contribution >= 0.6 is 0 Å². The van der Waals surface area contributed by atoms with Crippen LogP contribution in [0.15, 0.2) is 39.3 Å². The molecule has 1 aromatic heterocycles. The summed E-state index contributed by atoms with van der Waals surface area (Å²) in [6.45, 7) is 4.56. The number of ether oxygens (including phenoxy) is 6. The van der Waals surface area contributed by atoms with Crippen LogP contribution in [0.2, 0.25) is 0 Å². The van der Waals surface area contributed by atoms with Crippen LogP contribution < -0.4 is 5.63 Å². The largest absolute Gasteiger partial charge is 0.431 e. The Labute approximate surface area is 347 Å². The SMILES string of the molecule is CC1OC(O[C@@H]2C=C3CC[C@@H]4[C@H](CC[C@]5(C)[C@@H](c6ccc(=O)oc6)CC[C@]45O)[C@@]3(C)CC2)C(O)C(O)C1OC1OC(CO)C(OC2OC(CO)C(O)C(O)C2O)C(O)C1O. The Kier molecular flexibility index (Phi) is 12.6. The molecule has 0 amide bonds. The maximum absolute atomic E-state index is 12.6. The molecule has 10 N–H and O–H groups in total. The zero-order chi connectivity index (χ0) is 43.1. The van der Waals surface area contributed by atoms with Crippen LogP contribution in [0.1, 0.15) is 83.6 Å². The van der Waals surface area contributed by atoms with E-state index in [9.17, 15) is 55.9 Å². The van der Waals surface area contributed by atoms with Gasteiger partial charge in [-0.1, -0.05) is 25.5 Å². The molecule has 15 unspecified atom stereocenters. The highest BCUT2D eigenvalue weighted by atomic mass is 16.8. The van der Waals surface area contributed by atoms with Crippen molar-refractivity contribution < 1.29 is 83.9 Å². The molecule has 4 aliphatic carbocycles. The maximum atomic E-state index is 12.6. The fourth-order valence-corrected chi connectivity index (χ4v) is 12.2. The van der Waals surface area contributed by atoms with Crippen LogP contribution in [0.4, 0.5) is 0 Å². The minimum Gasteiger partial charge on any atom is -0.431 e. The van der Waals surface area contributed by atoms with Crippen LogP contribution in [-0.2, 0) is 28.4 Å². The summed E-state index contributed by atoms with van der Waals surface area (Å²) in [5.74, 6) is 0.459. The van der Waals surface area contributed by atoms with E-state index < -0.39 is 117 Å². The predicted octanol–water partition coefficient (Wildman–Crippen LogP) is -1.34. The summed E-state index contributed by atoms with van der Waals surface area (Å²) < 4.78 is 40.2. The third kappa shape index (κ3) is 7.35. The lowest BCUT2D eigenvalue weighted by Crippen LogP contribution is -2.66. The molecule has 60 heavy (non-hydrogen) atoms. The molecule has 8 rings (SSSR count). The molecule has 3 saturated heterocycles. The van der Waals surface area contributed by atoms with Gasteiger partial charge in [0, 0.05) is 11.5 Å². The second-order valence-electron chi connectivity index (χ2n) is 18.7. The van der Waals surface area contributed by atoms with Crippen LogP contribution in [0, 0.1) is 22.7 Å². The Hall–Kier alpha value is -1.95. The lowest BCUT2D eigenvalue weighted by Gasteiger charge is -2.62. The van der Waals surface area contributed by atoms with Crippen molar-refractivity contribution in [3.05, 3.63) is 46.0 Å². The summed E-state index contributed by atoms with van der Waals surface area (Å²) in [5, 5.41) is 108. The van der Waals surface area contributed by atoms with Crippen molar-refractivity contribution in [1.82, 2.24) is 0 Å². The van der Waals surface area contributed by atoms with Crippen molar-refractivity contribution in [3.8, 4) is 0 Å². The maximum Gasteiger partial charge on any atom is 0.335 e. The van der Waals surface area contributed by atoms with Gasteiger partial charge >= 0.3 is 5.63 Å². The molecule has 4 heterocycles. The van der Waals surface area contributed by atoms with Crippen molar-refractivity contribution >= 4 is 0 Å². The number of aliphatic hydroxyl groups is 10. The van der Waals surface area contributed by atoms with E-state index in [1.165, 1.54) is 11.6 Å². The van der Waals surface area contributed by atoms with Gasteiger partial charge < -0.3 is 83.9 Å². The fraction of sp³-hybridized carbons (Fsp3) is 0.833. The average molecular weight is 855 g/mol. The average Bonchev–Trinajstić information content (AvgIpc) is 3.51. The van der Waals surface area contributed by atoms with Gasteiger partial charge in [-0.15, -0.1) is 0 Å². The smallest absolute Gasteiger partial charge is 0.335 e. The first-order valence-corrected chi connectivity index (χ1v) is 21.4. The van der Waals surface area contributed by atoms with Gasteiger partial charge in [0.2, 0.25) is 0 Å². The molecule has 18 heteroatoms. The summed E-state index contributed by atoms with van der Waals surface area (Å²) in [6.07, 6.45) is -13.7. The van der Waals surface area contributed by atoms with Gasteiger partial charge in [0.05, 0.1) is 37.3 Å². The molecule has 0 spiro atoms. The number of fused-ring (bicyclic) bond motifs is 5. The quantitative estimate of drug-likeness (QED) is 0.129. The first-order valence-electron chi connectivity index (χ1n) is 21.4. The van der Waals surface area contributed by atoms with E-state index in [0.29, 0.717) is 12.8 Å². The summed E-state index contributed by atoms with van der Waals surface area (Å²) in [7, 11) is 0. The molecule has 18 nitrogen and oxygen atoms in total. The van der Waals surface area contributed by atoms with Crippen molar-refractivity contribution in [3.63, 3.8) is 0 Å². The van der Waals surface area contributed by atoms with Gasteiger partial charge in [-0.25, -0.2) is 4.79 Å². The third-order valence-corrected chi connectivity index (χ3v) is 15.7.